The molecule has 0 bridgehead atoms. The summed E-state index contributed by atoms with van der Waals surface area (Å²) in [5.41, 5.74) is 1.40. The van der Waals surface area contributed by atoms with Crippen LogP contribution < -0.4 is 14.2 Å². The van der Waals surface area contributed by atoms with E-state index >= 15 is 0 Å². The highest BCUT2D eigenvalue weighted by Gasteiger charge is 2.19. The van der Waals surface area contributed by atoms with E-state index in [2.05, 4.69) is 0 Å². The lowest BCUT2D eigenvalue weighted by atomic mass is 10.1. The molecule has 0 aromatic heterocycles. The summed E-state index contributed by atoms with van der Waals surface area (Å²) in [7, 11) is 3.02. The molecule has 6 heteroatoms. The largest absolute Gasteiger partial charge is 0.496 e. The van der Waals surface area contributed by atoms with Crippen LogP contribution in [0.25, 0.3) is 0 Å². The van der Waals surface area contributed by atoms with E-state index < -0.39 is 5.97 Å². The Kier molecular flexibility index (Phi) is 6.02. The van der Waals surface area contributed by atoms with Crippen molar-refractivity contribution in [3.63, 3.8) is 0 Å². The number of carbonyl (C=O) groups excluding carboxylic acids is 2. The normalized spacial score (nSPS) is 9.95. The van der Waals surface area contributed by atoms with Gasteiger partial charge in [0.2, 0.25) is 0 Å². The minimum absolute atomic E-state index is 0.206. The standard InChI is InChI=1S/C15H20O6/c1-9-13(18-4)8-12(6-7-20-10(2)16)15(19-5)14(9)21-11(3)17/h8H,6-7H2,1-5H3. The van der Waals surface area contributed by atoms with E-state index in [1.54, 1.807) is 13.0 Å². The van der Waals surface area contributed by atoms with Crippen LogP contribution in [0.2, 0.25) is 0 Å². The number of hydrogen-bond donors (Lipinski definition) is 0. The Bertz CT molecular complexity index is 535. The highest BCUT2D eigenvalue weighted by Crippen LogP contribution is 2.40. The monoisotopic (exact) mass is 296 g/mol. The molecular weight excluding hydrogens is 276 g/mol. The van der Waals surface area contributed by atoms with Gasteiger partial charge in [-0.3, -0.25) is 9.59 Å². The molecule has 116 valence electrons. The van der Waals surface area contributed by atoms with Crippen LogP contribution in [0, 0.1) is 6.92 Å². The minimum atomic E-state index is -0.449. The minimum Gasteiger partial charge on any atom is -0.496 e. The fraction of sp³-hybridized carbons (Fsp3) is 0.467. The molecule has 1 aromatic rings. The van der Waals surface area contributed by atoms with Crippen molar-refractivity contribution in [1.29, 1.82) is 0 Å². The van der Waals surface area contributed by atoms with E-state index in [0.717, 1.165) is 5.56 Å². The molecule has 0 unspecified atom stereocenters. The molecule has 0 aliphatic heterocycles. The molecule has 0 atom stereocenters. The summed E-state index contributed by atoms with van der Waals surface area (Å²) in [5, 5.41) is 0. The first-order valence-corrected chi connectivity index (χ1v) is 6.46. The summed E-state index contributed by atoms with van der Waals surface area (Å²) in [6, 6.07) is 1.78. The molecular formula is C15H20O6. The first-order chi connectivity index (χ1) is 9.90. The van der Waals surface area contributed by atoms with Crippen LogP contribution >= 0.6 is 0 Å². The molecule has 0 spiro atoms. The van der Waals surface area contributed by atoms with Gasteiger partial charge in [-0.1, -0.05) is 0 Å². The van der Waals surface area contributed by atoms with Crippen molar-refractivity contribution >= 4 is 11.9 Å². The molecule has 0 amide bonds. The van der Waals surface area contributed by atoms with Crippen LogP contribution in [-0.2, 0) is 20.7 Å². The highest BCUT2D eigenvalue weighted by molar-refractivity contribution is 5.72. The fourth-order valence-corrected chi connectivity index (χ4v) is 1.95. The van der Waals surface area contributed by atoms with Crippen LogP contribution in [0.5, 0.6) is 17.2 Å². The molecule has 0 saturated heterocycles. The SMILES string of the molecule is COc1cc(CCOC(C)=O)c(OC)c(OC(C)=O)c1C. The molecule has 0 aliphatic rings. The Morgan fingerprint density at radius 3 is 2.19 bits per heavy atom. The van der Waals surface area contributed by atoms with Gasteiger partial charge >= 0.3 is 11.9 Å². The van der Waals surface area contributed by atoms with Gasteiger partial charge in [0.05, 0.1) is 20.8 Å². The van der Waals surface area contributed by atoms with Gasteiger partial charge in [-0.05, 0) is 13.0 Å². The van der Waals surface area contributed by atoms with Gasteiger partial charge in [0.1, 0.15) is 5.75 Å². The van der Waals surface area contributed by atoms with E-state index in [4.69, 9.17) is 18.9 Å². The van der Waals surface area contributed by atoms with E-state index in [-0.39, 0.29) is 12.6 Å². The number of rotatable bonds is 6. The van der Waals surface area contributed by atoms with Crippen LogP contribution in [0.15, 0.2) is 6.07 Å². The van der Waals surface area contributed by atoms with Gasteiger partial charge in [0.15, 0.2) is 11.5 Å². The maximum absolute atomic E-state index is 11.3. The molecule has 0 aliphatic carbocycles. The zero-order chi connectivity index (χ0) is 16.0. The van der Waals surface area contributed by atoms with E-state index in [9.17, 15) is 9.59 Å². The number of benzene rings is 1. The predicted molar refractivity (Wildman–Crippen MR) is 75.9 cm³/mol. The average molecular weight is 296 g/mol. The summed E-state index contributed by atoms with van der Waals surface area (Å²) < 4.78 is 20.8. The zero-order valence-electron chi connectivity index (χ0n) is 12.9. The van der Waals surface area contributed by atoms with Gasteiger partial charge in [0.25, 0.3) is 0 Å². The zero-order valence-corrected chi connectivity index (χ0v) is 12.9. The average Bonchev–Trinajstić information content (AvgIpc) is 2.41. The van der Waals surface area contributed by atoms with Crippen molar-refractivity contribution in [2.45, 2.75) is 27.2 Å². The number of esters is 2. The smallest absolute Gasteiger partial charge is 0.308 e. The predicted octanol–water partition coefficient (Wildman–Crippen LogP) is 2.04. The maximum Gasteiger partial charge on any atom is 0.308 e. The quantitative estimate of drug-likeness (QED) is 0.591. The van der Waals surface area contributed by atoms with Gasteiger partial charge in [-0.25, -0.2) is 0 Å². The Labute approximate surface area is 123 Å². The first kappa shape index (κ1) is 16.8. The van der Waals surface area contributed by atoms with Crippen molar-refractivity contribution in [2.24, 2.45) is 0 Å². The summed E-state index contributed by atoms with van der Waals surface area (Å²) in [6.45, 7) is 4.64. The van der Waals surface area contributed by atoms with Crippen molar-refractivity contribution in [3.8, 4) is 17.2 Å². The molecule has 1 rings (SSSR count). The summed E-state index contributed by atoms with van der Waals surface area (Å²) in [5.74, 6) is 0.534. The van der Waals surface area contributed by atoms with Crippen molar-refractivity contribution in [2.75, 3.05) is 20.8 Å². The topological polar surface area (TPSA) is 71.1 Å². The lowest BCUT2D eigenvalue weighted by Crippen LogP contribution is -2.09. The Morgan fingerprint density at radius 1 is 1.05 bits per heavy atom. The maximum atomic E-state index is 11.3. The second-order valence-corrected chi connectivity index (χ2v) is 4.41. The molecule has 0 saturated carbocycles. The van der Waals surface area contributed by atoms with Crippen molar-refractivity contribution in [1.82, 2.24) is 0 Å². The Balaban J connectivity index is 3.21. The Morgan fingerprint density at radius 2 is 1.71 bits per heavy atom. The van der Waals surface area contributed by atoms with Crippen LogP contribution in [0.4, 0.5) is 0 Å². The molecule has 21 heavy (non-hydrogen) atoms. The molecule has 0 heterocycles. The number of ether oxygens (including phenoxy) is 4. The van der Waals surface area contributed by atoms with Gasteiger partial charge in [-0.15, -0.1) is 0 Å². The third-order valence-electron chi connectivity index (χ3n) is 2.86. The third kappa shape index (κ3) is 4.37. The van der Waals surface area contributed by atoms with Crippen molar-refractivity contribution < 1.29 is 28.5 Å². The van der Waals surface area contributed by atoms with E-state index in [1.807, 2.05) is 0 Å². The van der Waals surface area contributed by atoms with Crippen LogP contribution in [-0.4, -0.2) is 32.8 Å². The summed E-state index contributed by atoms with van der Waals surface area (Å²) >= 11 is 0. The molecule has 0 fully saturated rings. The lowest BCUT2D eigenvalue weighted by molar-refractivity contribution is -0.140. The molecule has 6 nitrogen and oxygen atoms in total. The highest BCUT2D eigenvalue weighted by atomic mass is 16.6. The lowest BCUT2D eigenvalue weighted by Gasteiger charge is -2.18. The third-order valence-corrected chi connectivity index (χ3v) is 2.86. The van der Waals surface area contributed by atoms with E-state index in [0.29, 0.717) is 29.2 Å². The first-order valence-electron chi connectivity index (χ1n) is 6.46. The summed E-state index contributed by atoms with van der Waals surface area (Å²) in [6.07, 6.45) is 0.424. The number of methoxy groups -OCH3 is 2. The second kappa shape index (κ2) is 7.52. The van der Waals surface area contributed by atoms with Gasteiger partial charge in [-0.2, -0.15) is 0 Å². The van der Waals surface area contributed by atoms with Gasteiger partial charge in [0, 0.05) is 31.4 Å². The second-order valence-electron chi connectivity index (χ2n) is 4.41. The van der Waals surface area contributed by atoms with Gasteiger partial charge < -0.3 is 18.9 Å². The van der Waals surface area contributed by atoms with Crippen LogP contribution in [0.3, 0.4) is 0 Å². The molecule has 0 N–H and O–H groups in total. The number of carbonyl (C=O) groups is 2. The summed E-state index contributed by atoms with van der Waals surface area (Å²) in [4.78, 5) is 22.1. The number of hydrogen-bond acceptors (Lipinski definition) is 6. The Hall–Kier alpha value is -2.24. The van der Waals surface area contributed by atoms with Crippen LogP contribution in [0.1, 0.15) is 25.0 Å². The molecule has 0 radical (unpaired) electrons. The van der Waals surface area contributed by atoms with E-state index in [1.165, 1.54) is 28.1 Å². The molecule has 1 aromatic carbocycles. The van der Waals surface area contributed by atoms with Crippen molar-refractivity contribution in [3.05, 3.63) is 17.2 Å². The fourth-order valence-electron chi connectivity index (χ4n) is 1.95.